The number of hydrogen-bond donors (Lipinski definition) is 0. The molecule has 0 N–H and O–H groups in total. The van der Waals surface area contributed by atoms with Crippen LogP contribution in [0.2, 0.25) is 0 Å². The molecule has 0 bridgehead atoms. The highest BCUT2D eigenvalue weighted by Gasteiger charge is 2.35. The summed E-state index contributed by atoms with van der Waals surface area (Å²) in [5.74, 6) is 0. The molecule has 1 heterocycles. The Bertz CT molecular complexity index is 543. The minimum Gasteiger partial charge on any atom is -0.260 e. The minimum atomic E-state index is -4.47. The monoisotopic (exact) mass is 268 g/mol. The van der Waals surface area contributed by atoms with E-state index in [4.69, 9.17) is 5.26 Å². The highest BCUT2D eigenvalue weighted by molar-refractivity contribution is 5.68. The maximum Gasteiger partial charge on any atom is 0.417 e. The Morgan fingerprint density at radius 2 is 1.89 bits per heavy atom. The van der Waals surface area contributed by atoms with Crippen LogP contribution in [0.25, 0.3) is 5.57 Å². The van der Waals surface area contributed by atoms with E-state index in [-0.39, 0.29) is 11.1 Å². The smallest absolute Gasteiger partial charge is 0.260 e. The average Bonchev–Trinajstić information content (AvgIpc) is 2.26. The van der Waals surface area contributed by atoms with Gasteiger partial charge in [0.05, 0.1) is 11.6 Å². The highest BCUT2D eigenvalue weighted by Crippen LogP contribution is 2.36. The lowest BCUT2D eigenvalue weighted by molar-refractivity contribution is -0.137. The van der Waals surface area contributed by atoms with Crippen LogP contribution in [0.5, 0.6) is 0 Å². The van der Waals surface area contributed by atoms with Crippen LogP contribution in [-0.2, 0) is 11.6 Å². The largest absolute Gasteiger partial charge is 0.417 e. The Balaban J connectivity index is 3.52. The van der Waals surface area contributed by atoms with E-state index in [2.05, 4.69) is 4.98 Å². The zero-order chi connectivity index (χ0) is 14.8. The summed E-state index contributed by atoms with van der Waals surface area (Å²) < 4.78 is 39.2. The molecule has 0 fully saturated rings. The van der Waals surface area contributed by atoms with Crippen molar-refractivity contribution in [3.8, 4) is 6.07 Å². The molecular weight excluding hydrogens is 253 g/mol. The highest BCUT2D eigenvalue weighted by atomic mass is 19.4. The number of rotatable bonds is 1. The fourth-order valence-electron chi connectivity index (χ4n) is 1.59. The molecule has 0 saturated carbocycles. The van der Waals surface area contributed by atoms with Gasteiger partial charge in [-0.1, -0.05) is 20.8 Å². The molecule has 1 aromatic rings. The van der Waals surface area contributed by atoms with Crippen molar-refractivity contribution in [3.05, 3.63) is 35.2 Å². The zero-order valence-corrected chi connectivity index (χ0v) is 11.3. The number of alkyl halides is 3. The molecule has 5 heteroatoms. The van der Waals surface area contributed by atoms with Gasteiger partial charge in [0.25, 0.3) is 0 Å². The molecule has 1 rings (SSSR count). The van der Waals surface area contributed by atoms with E-state index in [1.54, 1.807) is 26.8 Å². The van der Waals surface area contributed by atoms with Gasteiger partial charge in [0, 0.05) is 28.9 Å². The number of nitriles is 1. The summed E-state index contributed by atoms with van der Waals surface area (Å²) in [7, 11) is 0. The van der Waals surface area contributed by atoms with Gasteiger partial charge in [-0.25, -0.2) is 0 Å². The maximum atomic E-state index is 13.1. The topological polar surface area (TPSA) is 36.7 Å². The Morgan fingerprint density at radius 1 is 1.32 bits per heavy atom. The van der Waals surface area contributed by atoms with Crippen LogP contribution >= 0.6 is 0 Å². The first-order valence-electron chi connectivity index (χ1n) is 5.72. The van der Waals surface area contributed by atoms with Gasteiger partial charge in [-0.15, -0.1) is 0 Å². The van der Waals surface area contributed by atoms with Crippen LogP contribution < -0.4 is 0 Å². The van der Waals surface area contributed by atoms with Gasteiger partial charge in [0.2, 0.25) is 0 Å². The quantitative estimate of drug-likeness (QED) is 0.711. The van der Waals surface area contributed by atoms with E-state index in [0.717, 1.165) is 12.1 Å². The van der Waals surface area contributed by atoms with Gasteiger partial charge in [-0.3, -0.25) is 4.98 Å². The van der Waals surface area contributed by atoms with Crippen LogP contribution in [0.1, 0.15) is 44.5 Å². The van der Waals surface area contributed by atoms with Crippen LogP contribution in [0, 0.1) is 11.3 Å². The second kappa shape index (κ2) is 5.04. The normalized spacial score (nSPS) is 13.3. The van der Waals surface area contributed by atoms with Gasteiger partial charge in [-0.05, 0) is 18.6 Å². The Labute approximate surface area is 110 Å². The van der Waals surface area contributed by atoms with E-state index < -0.39 is 17.2 Å². The van der Waals surface area contributed by atoms with E-state index in [9.17, 15) is 13.2 Å². The third-order valence-corrected chi connectivity index (χ3v) is 2.68. The molecule has 102 valence electrons. The lowest BCUT2D eigenvalue weighted by Gasteiger charge is -2.21. The lowest BCUT2D eigenvalue weighted by atomic mass is 9.89. The number of allylic oxidation sites excluding steroid dienone is 2. The van der Waals surface area contributed by atoms with Crippen molar-refractivity contribution >= 4 is 5.57 Å². The molecule has 2 nitrogen and oxygen atoms in total. The van der Waals surface area contributed by atoms with Crippen LogP contribution in [0.3, 0.4) is 0 Å². The Hall–Kier alpha value is -1.83. The summed E-state index contributed by atoms with van der Waals surface area (Å²) in [4.78, 5) is 4.08. The Kier molecular flexibility index (Phi) is 4.04. The molecule has 0 unspecified atom stereocenters. The third-order valence-electron chi connectivity index (χ3n) is 2.68. The summed E-state index contributed by atoms with van der Waals surface area (Å²) in [6, 6.07) is 2.79. The minimum absolute atomic E-state index is 0.0537. The first-order valence-corrected chi connectivity index (χ1v) is 5.72. The van der Waals surface area contributed by atoms with Gasteiger partial charge < -0.3 is 0 Å². The van der Waals surface area contributed by atoms with Crippen molar-refractivity contribution < 1.29 is 13.2 Å². The SMILES string of the molecule is C/C(=C\C#N)c1cnc(C(C)(C)C)cc1C(F)(F)F. The number of aromatic nitrogens is 1. The fourth-order valence-corrected chi connectivity index (χ4v) is 1.59. The first kappa shape index (κ1) is 15.2. The molecule has 0 aliphatic rings. The summed E-state index contributed by atoms with van der Waals surface area (Å²) in [6.45, 7) is 6.86. The first-order chi connectivity index (χ1) is 8.57. The lowest BCUT2D eigenvalue weighted by Crippen LogP contribution is -2.17. The number of hydrogen-bond acceptors (Lipinski definition) is 2. The molecule has 0 radical (unpaired) electrons. The van der Waals surface area contributed by atoms with Crippen molar-refractivity contribution in [1.82, 2.24) is 4.98 Å². The number of pyridine rings is 1. The van der Waals surface area contributed by atoms with Crippen LogP contribution in [0.15, 0.2) is 18.3 Å². The van der Waals surface area contributed by atoms with Crippen molar-refractivity contribution in [2.24, 2.45) is 0 Å². The second-order valence-electron chi connectivity index (χ2n) is 5.32. The fraction of sp³-hybridized carbons (Fsp3) is 0.429. The second-order valence-corrected chi connectivity index (χ2v) is 5.32. The third kappa shape index (κ3) is 3.57. The van der Waals surface area contributed by atoms with Crippen molar-refractivity contribution in [2.75, 3.05) is 0 Å². The zero-order valence-electron chi connectivity index (χ0n) is 11.3. The molecule has 0 saturated heterocycles. The molecule has 0 aliphatic heterocycles. The molecule has 1 aromatic heterocycles. The van der Waals surface area contributed by atoms with E-state index >= 15 is 0 Å². The van der Waals surface area contributed by atoms with E-state index in [1.807, 2.05) is 0 Å². The van der Waals surface area contributed by atoms with E-state index in [1.165, 1.54) is 13.1 Å². The number of halogens is 3. The maximum absolute atomic E-state index is 13.1. The van der Waals surface area contributed by atoms with Gasteiger partial charge in [-0.2, -0.15) is 18.4 Å². The predicted molar refractivity (Wildman–Crippen MR) is 67.2 cm³/mol. The molecule has 19 heavy (non-hydrogen) atoms. The van der Waals surface area contributed by atoms with Crippen molar-refractivity contribution in [2.45, 2.75) is 39.3 Å². The van der Waals surface area contributed by atoms with Crippen LogP contribution in [0.4, 0.5) is 13.2 Å². The summed E-state index contributed by atoms with van der Waals surface area (Å²) in [5, 5.41) is 8.55. The summed E-state index contributed by atoms with van der Waals surface area (Å²) in [5.41, 5.74) is -0.652. The molecular formula is C14H15F3N2. The molecule has 0 aliphatic carbocycles. The molecule has 0 amide bonds. The van der Waals surface area contributed by atoms with Crippen molar-refractivity contribution in [1.29, 1.82) is 5.26 Å². The average molecular weight is 268 g/mol. The summed E-state index contributed by atoms with van der Waals surface area (Å²) in [6.07, 6.45) is -2.20. The number of nitrogens with zero attached hydrogens (tertiary/aromatic N) is 2. The molecule has 0 atom stereocenters. The predicted octanol–water partition coefficient (Wildman–Crippen LogP) is 4.32. The molecule has 0 spiro atoms. The Morgan fingerprint density at radius 3 is 2.32 bits per heavy atom. The van der Waals surface area contributed by atoms with Gasteiger partial charge >= 0.3 is 6.18 Å². The van der Waals surface area contributed by atoms with Crippen LogP contribution in [-0.4, -0.2) is 4.98 Å². The standard InChI is InChI=1S/C14H15F3N2/c1-9(5-6-18)10-8-19-12(13(2,3)4)7-11(10)14(15,16)17/h5,7-8H,1-4H3/b9-5+. The van der Waals surface area contributed by atoms with Gasteiger partial charge in [0.1, 0.15) is 0 Å². The van der Waals surface area contributed by atoms with Crippen molar-refractivity contribution in [3.63, 3.8) is 0 Å². The van der Waals surface area contributed by atoms with Gasteiger partial charge in [0.15, 0.2) is 0 Å². The summed E-state index contributed by atoms with van der Waals surface area (Å²) >= 11 is 0. The molecule has 0 aromatic carbocycles. The van der Waals surface area contributed by atoms with E-state index in [0.29, 0.717) is 5.69 Å².